The maximum absolute atomic E-state index is 11.3. The minimum Gasteiger partial charge on any atom is -0.461 e. The molecule has 1 N–H and O–H groups in total. The lowest BCUT2D eigenvalue weighted by molar-refractivity contribution is -0.135. The van der Waals surface area contributed by atoms with Crippen LogP contribution in [0.2, 0.25) is 0 Å². The molecular weight excluding hydrogens is 220 g/mol. The number of benzene rings is 1. The highest BCUT2D eigenvalue weighted by Gasteiger charge is 2.11. The quantitative estimate of drug-likeness (QED) is 0.276. The molecule has 0 aromatic heterocycles. The number of aldehydes is 1. The number of aryl methyl sites for hydroxylation is 1. The molecule has 1 aromatic rings. The van der Waals surface area contributed by atoms with Crippen LogP contribution in [0.1, 0.15) is 12.5 Å². The fourth-order valence-corrected chi connectivity index (χ4v) is 1.14. The van der Waals surface area contributed by atoms with Gasteiger partial charge in [0.05, 0.1) is 12.3 Å². The molecule has 0 atom stereocenters. The van der Waals surface area contributed by atoms with Gasteiger partial charge in [0.15, 0.2) is 6.29 Å². The van der Waals surface area contributed by atoms with E-state index in [9.17, 15) is 9.59 Å². The van der Waals surface area contributed by atoms with E-state index < -0.39 is 5.97 Å². The number of para-hydroxylation sites is 1. The molecule has 0 unspecified atom stereocenters. The third-order valence-electron chi connectivity index (χ3n) is 2.04. The maximum atomic E-state index is 11.3. The van der Waals surface area contributed by atoms with Crippen LogP contribution >= 0.6 is 0 Å². The third-order valence-corrected chi connectivity index (χ3v) is 2.04. The van der Waals surface area contributed by atoms with Gasteiger partial charge >= 0.3 is 5.97 Å². The van der Waals surface area contributed by atoms with Crippen LogP contribution in [0.15, 0.2) is 29.4 Å². The second-order valence-electron chi connectivity index (χ2n) is 3.26. The topological polar surface area (TPSA) is 67.8 Å². The van der Waals surface area contributed by atoms with Crippen molar-refractivity contribution in [3.05, 3.63) is 29.8 Å². The number of carbonyl (C=O) groups excluding carboxylic acids is 2. The summed E-state index contributed by atoms with van der Waals surface area (Å²) in [6.07, 6.45) is 0.364. The van der Waals surface area contributed by atoms with Crippen LogP contribution in [-0.4, -0.2) is 24.6 Å². The molecule has 0 fully saturated rings. The molecule has 1 rings (SSSR count). The van der Waals surface area contributed by atoms with Crippen LogP contribution in [0.25, 0.3) is 0 Å². The van der Waals surface area contributed by atoms with Crippen molar-refractivity contribution in [2.75, 3.05) is 12.0 Å². The lowest BCUT2D eigenvalue weighted by Gasteiger charge is -2.05. The first-order chi connectivity index (χ1) is 8.19. The summed E-state index contributed by atoms with van der Waals surface area (Å²) in [5, 5.41) is 3.72. The lowest BCUT2D eigenvalue weighted by atomic mass is 10.2. The van der Waals surface area contributed by atoms with Crippen LogP contribution in [0.5, 0.6) is 0 Å². The first kappa shape index (κ1) is 12.9. The zero-order valence-corrected chi connectivity index (χ0v) is 9.77. The molecule has 5 nitrogen and oxygen atoms in total. The predicted molar refractivity (Wildman–Crippen MR) is 64.9 cm³/mol. The number of ether oxygens (including phenoxy) is 1. The molecule has 5 heteroatoms. The molecular formula is C12H14N2O3. The van der Waals surface area contributed by atoms with Crippen LogP contribution in [0.3, 0.4) is 0 Å². The molecule has 0 spiro atoms. The molecule has 0 aliphatic heterocycles. The van der Waals surface area contributed by atoms with Gasteiger partial charge in [0.25, 0.3) is 0 Å². The largest absolute Gasteiger partial charge is 0.461 e. The summed E-state index contributed by atoms with van der Waals surface area (Å²) >= 11 is 0. The van der Waals surface area contributed by atoms with Crippen LogP contribution in [-0.2, 0) is 14.3 Å². The van der Waals surface area contributed by atoms with Crippen molar-refractivity contribution in [1.82, 2.24) is 0 Å². The van der Waals surface area contributed by atoms with Gasteiger partial charge in [0.2, 0.25) is 5.71 Å². The molecule has 90 valence electrons. The van der Waals surface area contributed by atoms with Gasteiger partial charge in [-0.25, -0.2) is 4.79 Å². The second kappa shape index (κ2) is 6.42. The fraction of sp³-hybridized carbons (Fsp3) is 0.250. The van der Waals surface area contributed by atoms with Crippen molar-refractivity contribution < 1.29 is 14.3 Å². The zero-order valence-electron chi connectivity index (χ0n) is 9.77. The Labute approximate surface area is 99.5 Å². The van der Waals surface area contributed by atoms with E-state index in [0.717, 1.165) is 11.3 Å². The molecule has 0 saturated heterocycles. The first-order valence-corrected chi connectivity index (χ1v) is 5.20. The summed E-state index contributed by atoms with van der Waals surface area (Å²) < 4.78 is 4.67. The highest BCUT2D eigenvalue weighted by Crippen LogP contribution is 2.12. The standard InChI is InChI=1S/C12H14N2O3/c1-3-17-12(16)11(8-15)14-13-10-7-5-4-6-9(10)2/h4-8,13H,3H2,1-2H3/b14-11+. The number of rotatable bonds is 5. The van der Waals surface area contributed by atoms with Crippen molar-refractivity contribution in [2.45, 2.75) is 13.8 Å². The van der Waals surface area contributed by atoms with Crippen molar-refractivity contribution in [3.63, 3.8) is 0 Å². The molecule has 1 aromatic carbocycles. The number of anilines is 1. The summed E-state index contributed by atoms with van der Waals surface area (Å²) in [6.45, 7) is 3.76. The average molecular weight is 234 g/mol. The normalized spacial score (nSPS) is 10.8. The van der Waals surface area contributed by atoms with Gasteiger partial charge in [0.1, 0.15) is 0 Å². The molecule has 0 amide bonds. The predicted octanol–water partition coefficient (Wildman–Crippen LogP) is 1.52. The monoisotopic (exact) mass is 234 g/mol. The fourth-order valence-electron chi connectivity index (χ4n) is 1.14. The Balaban J connectivity index is 2.78. The van der Waals surface area contributed by atoms with Gasteiger partial charge in [-0.1, -0.05) is 18.2 Å². The van der Waals surface area contributed by atoms with E-state index in [1.807, 2.05) is 25.1 Å². The Morgan fingerprint density at radius 1 is 1.47 bits per heavy atom. The summed E-state index contributed by atoms with van der Waals surface area (Å²) in [6, 6.07) is 7.40. The summed E-state index contributed by atoms with van der Waals surface area (Å²) in [5.74, 6) is -0.733. The van der Waals surface area contributed by atoms with Gasteiger partial charge in [-0.05, 0) is 25.5 Å². The number of hydrazone groups is 1. The van der Waals surface area contributed by atoms with E-state index in [4.69, 9.17) is 0 Å². The van der Waals surface area contributed by atoms with Gasteiger partial charge in [-0.2, -0.15) is 5.10 Å². The molecule has 0 radical (unpaired) electrons. The van der Waals surface area contributed by atoms with Gasteiger partial charge in [0, 0.05) is 0 Å². The molecule has 0 aliphatic rings. The highest BCUT2D eigenvalue weighted by atomic mass is 16.5. The lowest BCUT2D eigenvalue weighted by Crippen LogP contribution is -2.20. The summed E-state index contributed by atoms with van der Waals surface area (Å²) in [5.41, 5.74) is 4.07. The number of esters is 1. The van der Waals surface area contributed by atoms with E-state index in [1.165, 1.54) is 0 Å². The molecule has 17 heavy (non-hydrogen) atoms. The Morgan fingerprint density at radius 2 is 2.18 bits per heavy atom. The zero-order chi connectivity index (χ0) is 12.7. The third kappa shape index (κ3) is 3.71. The van der Waals surface area contributed by atoms with E-state index >= 15 is 0 Å². The minimum atomic E-state index is -0.733. The van der Waals surface area contributed by atoms with Crippen molar-refractivity contribution in [1.29, 1.82) is 0 Å². The first-order valence-electron chi connectivity index (χ1n) is 5.20. The van der Waals surface area contributed by atoms with E-state index in [2.05, 4.69) is 15.3 Å². The summed E-state index contributed by atoms with van der Waals surface area (Å²) in [4.78, 5) is 21.9. The van der Waals surface area contributed by atoms with E-state index in [1.54, 1.807) is 13.0 Å². The maximum Gasteiger partial charge on any atom is 0.362 e. The van der Waals surface area contributed by atoms with Gasteiger partial charge < -0.3 is 4.74 Å². The van der Waals surface area contributed by atoms with E-state index in [-0.39, 0.29) is 12.3 Å². The SMILES string of the molecule is CCOC(=O)/C(C=O)=N/Nc1ccccc1C. The highest BCUT2D eigenvalue weighted by molar-refractivity contribution is 6.58. The molecule has 0 heterocycles. The molecule has 0 aliphatic carbocycles. The molecule has 0 saturated carbocycles. The number of hydrogen-bond acceptors (Lipinski definition) is 5. The second-order valence-corrected chi connectivity index (χ2v) is 3.26. The smallest absolute Gasteiger partial charge is 0.362 e. The molecule has 0 bridgehead atoms. The Bertz CT molecular complexity index is 441. The van der Waals surface area contributed by atoms with Crippen molar-refractivity contribution in [3.8, 4) is 0 Å². The van der Waals surface area contributed by atoms with Gasteiger partial charge in [-0.3, -0.25) is 10.2 Å². The van der Waals surface area contributed by atoms with Crippen LogP contribution in [0.4, 0.5) is 5.69 Å². The van der Waals surface area contributed by atoms with Crippen LogP contribution in [0, 0.1) is 6.92 Å². The average Bonchev–Trinajstić information content (AvgIpc) is 2.32. The van der Waals surface area contributed by atoms with Crippen LogP contribution < -0.4 is 5.43 Å². The van der Waals surface area contributed by atoms with Crippen molar-refractivity contribution in [2.24, 2.45) is 5.10 Å². The minimum absolute atomic E-state index is 0.204. The summed E-state index contributed by atoms with van der Waals surface area (Å²) in [7, 11) is 0. The Kier molecular flexibility index (Phi) is 4.87. The number of hydrogen-bond donors (Lipinski definition) is 1. The number of nitrogens with zero attached hydrogens (tertiary/aromatic N) is 1. The number of carbonyl (C=O) groups is 2. The Morgan fingerprint density at radius 3 is 2.76 bits per heavy atom. The Hall–Kier alpha value is -2.17. The number of nitrogens with one attached hydrogen (secondary N) is 1. The van der Waals surface area contributed by atoms with Crippen molar-refractivity contribution >= 4 is 23.7 Å². The van der Waals surface area contributed by atoms with Gasteiger partial charge in [-0.15, -0.1) is 0 Å². The van der Waals surface area contributed by atoms with E-state index in [0.29, 0.717) is 6.29 Å².